The predicted octanol–water partition coefficient (Wildman–Crippen LogP) is 3.05. The van der Waals surface area contributed by atoms with Crippen molar-refractivity contribution in [2.75, 3.05) is 23.3 Å². The molecule has 10 heteroatoms. The van der Waals surface area contributed by atoms with Gasteiger partial charge in [0.2, 0.25) is 0 Å². The van der Waals surface area contributed by atoms with Crippen LogP contribution in [0.1, 0.15) is 18.4 Å². The number of aromatic nitrogens is 2. The standard InChI is InChI=1S/C23H23N4O5S/c28-22(11-17-9-10-33(31,32)16-17)14-24-13-19-15-26(20-6-2-1-3-7-20)25-23(19)18-5-4-8-21(12-18)27(29)30/h1-8,12-13,15,17,29H,9-11,14,16H2/q-1. The minimum absolute atomic E-state index is 0.0580. The van der Waals surface area contributed by atoms with Crippen LogP contribution in [0.4, 0.5) is 5.69 Å². The van der Waals surface area contributed by atoms with Crippen molar-refractivity contribution in [2.45, 2.75) is 12.8 Å². The molecule has 1 fully saturated rings. The number of Topliss-reactive ketones (excluding diaryl/α,β-unsaturated/α-hetero) is 1. The summed E-state index contributed by atoms with van der Waals surface area (Å²) in [5.74, 6) is -0.0434. The molecular formula is C23H23N4O5S-. The largest absolute Gasteiger partial charge is 0.733 e. The lowest BCUT2D eigenvalue weighted by molar-refractivity contribution is -0.118. The summed E-state index contributed by atoms with van der Waals surface area (Å²) in [7, 11) is -3.02. The van der Waals surface area contributed by atoms with Gasteiger partial charge in [0.25, 0.3) is 0 Å². The van der Waals surface area contributed by atoms with Crippen molar-refractivity contribution in [2.24, 2.45) is 10.9 Å². The van der Waals surface area contributed by atoms with E-state index in [1.54, 1.807) is 29.2 Å². The molecule has 1 unspecified atom stereocenters. The number of anilines is 1. The molecule has 2 heterocycles. The highest BCUT2D eigenvalue weighted by atomic mass is 32.2. The SMILES string of the molecule is O=C(CN=Cc1cn(-c2ccccc2)nc1-c1cccc(N([O-])O)c1)CC1CCS(=O)(=O)C1. The molecule has 0 amide bonds. The van der Waals surface area contributed by atoms with Crippen LogP contribution in [0.15, 0.2) is 65.8 Å². The van der Waals surface area contributed by atoms with Crippen molar-refractivity contribution >= 4 is 27.5 Å². The predicted molar refractivity (Wildman–Crippen MR) is 125 cm³/mol. The second-order valence-electron chi connectivity index (χ2n) is 8.02. The van der Waals surface area contributed by atoms with Crippen LogP contribution >= 0.6 is 0 Å². The van der Waals surface area contributed by atoms with Crippen LogP contribution in [0.25, 0.3) is 16.9 Å². The maximum absolute atomic E-state index is 12.3. The lowest BCUT2D eigenvalue weighted by Crippen LogP contribution is -2.12. The third kappa shape index (κ3) is 5.72. The minimum Gasteiger partial charge on any atom is -0.733 e. The number of benzene rings is 2. The fraction of sp³-hybridized carbons (Fsp3) is 0.261. The van der Waals surface area contributed by atoms with E-state index in [9.17, 15) is 23.6 Å². The van der Waals surface area contributed by atoms with E-state index in [1.165, 1.54) is 12.1 Å². The van der Waals surface area contributed by atoms with Gasteiger partial charge in [-0.25, -0.2) is 13.1 Å². The van der Waals surface area contributed by atoms with Gasteiger partial charge in [0.15, 0.2) is 15.6 Å². The van der Waals surface area contributed by atoms with E-state index in [0.717, 1.165) is 5.69 Å². The molecule has 1 atom stereocenters. The summed E-state index contributed by atoms with van der Waals surface area (Å²) < 4.78 is 24.9. The van der Waals surface area contributed by atoms with E-state index in [4.69, 9.17) is 0 Å². The zero-order chi connectivity index (χ0) is 23.4. The molecule has 9 nitrogen and oxygen atoms in total. The highest BCUT2D eigenvalue weighted by Gasteiger charge is 2.29. The number of aliphatic imine (C=N–C) groups is 1. The molecule has 33 heavy (non-hydrogen) atoms. The number of sulfone groups is 1. The van der Waals surface area contributed by atoms with Gasteiger partial charge in [-0.3, -0.25) is 15.0 Å². The van der Waals surface area contributed by atoms with Crippen molar-refractivity contribution in [3.63, 3.8) is 0 Å². The molecule has 1 aromatic heterocycles. The first-order valence-corrected chi connectivity index (χ1v) is 12.3. The number of rotatable bonds is 8. The minimum atomic E-state index is -3.02. The van der Waals surface area contributed by atoms with Crippen molar-refractivity contribution < 1.29 is 18.4 Å². The second-order valence-corrected chi connectivity index (χ2v) is 10.2. The van der Waals surface area contributed by atoms with Crippen LogP contribution in [0.3, 0.4) is 0 Å². The number of hydrogen-bond acceptors (Lipinski definition) is 8. The Morgan fingerprint density at radius 3 is 2.73 bits per heavy atom. The number of para-hydroxylation sites is 1. The smallest absolute Gasteiger partial charge is 0.154 e. The van der Waals surface area contributed by atoms with E-state index >= 15 is 0 Å². The zero-order valence-electron chi connectivity index (χ0n) is 17.7. The van der Waals surface area contributed by atoms with E-state index in [0.29, 0.717) is 23.2 Å². The van der Waals surface area contributed by atoms with E-state index in [2.05, 4.69) is 10.1 Å². The maximum Gasteiger partial charge on any atom is 0.154 e. The number of nitrogens with zero attached hydrogens (tertiary/aromatic N) is 4. The number of ketones is 1. The van der Waals surface area contributed by atoms with Crippen LogP contribution < -0.4 is 5.23 Å². The van der Waals surface area contributed by atoms with Gasteiger partial charge in [-0.05, 0) is 36.6 Å². The molecule has 0 saturated carbocycles. The van der Waals surface area contributed by atoms with E-state index in [-0.39, 0.29) is 47.1 Å². The van der Waals surface area contributed by atoms with Gasteiger partial charge in [0, 0.05) is 30.0 Å². The van der Waals surface area contributed by atoms with Crippen molar-refractivity contribution in [1.82, 2.24) is 9.78 Å². The molecule has 0 bridgehead atoms. The summed E-state index contributed by atoms with van der Waals surface area (Å²) in [5, 5.41) is 25.0. The Bertz CT molecular complexity index is 1270. The summed E-state index contributed by atoms with van der Waals surface area (Å²) in [6.07, 6.45) is 4.03. The van der Waals surface area contributed by atoms with Crippen LogP contribution in [0, 0.1) is 11.1 Å². The third-order valence-electron chi connectivity index (χ3n) is 5.44. The molecule has 1 aliphatic heterocycles. The number of carbonyl (C=O) groups excluding carboxylic acids is 1. The quantitative estimate of drug-likeness (QED) is 0.398. The normalized spacial score (nSPS) is 17.5. The van der Waals surface area contributed by atoms with Gasteiger partial charge in [0.05, 0.1) is 29.4 Å². The molecule has 172 valence electrons. The Hall–Kier alpha value is -3.34. The molecule has 2 aromatic carbocycles. The Morgan fingerprint density at radius 2 is 2.03 bits per heavy atom. The zero-order valence-corrected chi connectivity index (χ0v) is 18.6. The van der Waals surface area contributed by atoms with Crippen molar-refractivity contribution in [3.8, 4) is 16.9 Å². The van der Waals surface area contributed by atoms with Gasteiger partial charge >= 0.3 is 0 Å². The van der Waals surface area contributed by atoms with Gasteiger partial charge in [-0.2, -0.15) is 5.10 Å². The molecule has 1 N–H and O–H groups in total. The van der Waals surface area contributed by atoms with Crippen molar-refractivity contribution in [3.05, 3.63) is 71.6 Å². The molecular weight excluding hydrogens is 444 g/mol. The van der Waals surface area contributed by atoms with E-state index < -0.39 is 9.84 Å². The Balaban J connectivity index is 1.56. The molecule has 1 saturated heterocycles. The average molecular weight is 468 g/mol. The number of hydrogen-bond donors (Lipinski definition) is 1. The van der Waals surface area contributed by atoms with Crippen molar-refractivity contribution in [1.29, 1.82) is 0 Å². The first kappa shape index (κ1) is 22.8. The summed E-state index contributed by atoms with van der Waals surface area (Å²) in [5.41, 5.74) is 2.64. The molecule has 0 spiro atoms. The summed E-state index contributed by atoms with van der Waals surface area (Å²) in [6, 6.07) is 15.8. The Labute approximate surface area is 191 Å². The van der Waals surface area contributed by atoms with Gasteiger partial charge in [-0.1, -0.05) is 30.3 Å². The summed E-state index contributed by atoms with van der Waals surface area (Å²) in [4.78, 5) is 16.6. The highest BCUT2D eigenvalue weighted by Crippen LogP contribution is 2.26. The summed E-state index contributed by atoms with van der Waals surface area (Å²) in [6.45, 7) is -0.0580. The lowest BCUT2D eigenvalue weighted by atomic mass is 10.0. The highest BCUT2D eigenvalue weighted by molar-refractivity contribution is 7.91. The topological polar surface area (TPSA) is 128 Å². The second kappa shape index (κ2) is 9.65. The van der Waals surface area contributed by atoms with E-state index in [1.807, 2.05) is 30.3 Å². The average Bonchev–Trinajstić information content (AvgIpc) is 3.37. The molecule has 1 aliphatic rings. The first-order chi connectivity index (χ1) is 15.8. The Morgan fingerprint density at radius 1 is 1.24 bits per heavy atom. The molecule has 0 radical (unpaired) electrons. The fourth-order valence-corrected chi connectivity index (χ4v) is 5.72. The van der Waals surface area contributed by atoms with Gasteiger partial charge in [-0.15, -0.1) is 0 Å². The lowest BCUT2D eigenvalue weighted by Gasteiger charge is -2.21. The number of carbonyl (C=O) groups is 1. The Kier molecular flexibility index (Phi) is 6.68. The first-order valence-electron chi connectivity index (χ1n) is 10.4. The summed E-state index contributed by atoms with van der Waals surface area (Å²) >= 11 is 0. The van der Waals surface area contributed by atoms with Crippen LogP contribution in [0.2, 0.25) is 0 Å². The van der Waals surface area contributed by atoms with Gasteiger partial charge < -0.3 is 10.4 Å². The fourth-order valence-electron chi connectivity index (χ4n) is 3.86. The van der Waals surface area contributed by atoms with Gasteiger partial charge in [0.1, 0.15) is 5.69 Å². The molecule has 3 aromatic rings. The molecule has 4 rings (SSSR count). The third-order valence-corrected chi connectivity index (χ3v) is 7.28. The van der Waals surface area contributed by atoms with Crippen LogP contribution in [0.5, 0.6) is 0 Å². The van der Waals surface area contributed by atoms with Crippen LogP contribution in [-0.4, -0.2) is 53.5 Å². The maximum atomic E-state index is 12.3. The monoisotopic (exact) mass is 467 g/mol. The molecule has 0 aliphatic carbocycles. The van der Waals surface area contributed by atoms with Crippen LogP contribution in [-0.2, 0) is 14.6 Å².